The molecule has 128 valence electrons. The lowest BCUT2D eigenvalue weighted by Gasteiger charge is -2.34. The molecule has 2 saturated heterocycles. The number of nitrogens with zero attached hydrogens (tertiary/aromatic N) is 2. The van der Waals surface area contributed by atoms with Crippen LogP contribution in [0.5, 0.6) is 0 Å². The Balaban J connectivity index is 1.36. The molecule has 2 heterocycles. The molecular formula is C20H26N2O2. The summed E-state index contributed by atoms with van der Waals surface area (Å²) < 4.78 is 0. The van der Waals surface area contributed by atoms with Gasteiger partial charge in [-0.05, 0) is 43.6 Å². The van der Waals surface area contributed by atoms with Gasteiger partial charge in [0.05, 0.1) is 5.92 Å². The van der Waals surface area contributed by atoms with E-state index in [1.165, 1.54) is 5.56 Å². The average molecular weight is 326 g/mol. The van der Waals surface area contributed by atoms with Crippen molar-refractivity contribution in [2.75, 3.05) is 26.2 Å². The summed E-state index contributed by atoms with van der Waals surface area (Å²) in [6.07, 6.45) is 5.11. The molecule has 1 aromatic carbocycles. The molecule has 2 amide bonds. The Morgan fingerprint density at radius 2 is 1.58 bits per heavy atom. The second-order valence-electron chi connectivity index (χ2n) is 7.52. The number of benzene rings is 1. The zero-order valence-electron chi connectivity index (χ0n) is 14.2. The lowest BCUT2D eigenvalue weighted by atomic mass is 9.96. The van der Waals surface area contributed by atoms with Gasteiger partial charge in [-0.2, -0.15) is 0 Å². The maximum absolute atomic E-state index is 12.8. The van der Waals surface area contributed by atoms with Crippen molar-refractivity contribution in [3.8, 4) is 0 Å². The Hall–Kier alpha value is -1.84. The Labute approximate surface area is 143 Å². The van der Waals surface area contributed by atoms with Crippen LogP contribution in [-0.4, -0.2) is 47.8 Å². The molecule has 2 aliphatic heterocycles. The molecule has 0 bridgehead atoms. The third-order valence-electron chi connectivity index (χ3n) is 5.84. The molecule has 4 heteroatoms. The monoisotopic (exact) mass is 326 g/mol. The number of likely N-dealkylation sites (tertiary alicyclic amines) is 2. The van der Waals surface area contributed by atoms with Gasteiger partial charge in [0, 0.05) is 32.1 Å². The first-order chi connectivity index (χ1) is 11.7. The van der Waals surface area contributed by atoms with Crippen LogP contribution in [0.2, 0.25) is 0 Å². The Bertz CT molecular complexity index is 609. The second-order valence-corrected chi connectivity index (χ2v) is 7.52. The fourth-order valence-corrected chi connectivity index (χ4v) is 4.35. The summed E-state index contributed by atoms with van der Waals surface area (Å²) in [6, 6.07) is 10.3. The highest BCUT2D eigenvalue weighted by Crippen LogP contribution is 2.48. The molecule has 24 heavy (non-hydrogen) atoms. The van der Waals surface area contributed by atoms with Crippen LogP contribution in [0.3, 0.4) is 0 Å². The maximum Gasteiger partial charge on any atom is 0.227 e. The number of carbonyl (C=O) groups is 2. The Kier molecular flexibility index (Phi) is 4.30. The van der Waals surface area contributed by atoms with Crippen LogP contribution in [-0.2, 0) is 9.59 Å². The van der Waals surface area contributed by atoms with Gasteiger partial charge in [-0.3, -0.25) is 9.59 Å². The van der Waals surface area contributed by atoms with Crippen molar-refractivity contribution < 1.29 is 9.59 Å². The number of rotatable bonds is 3. The van der Waals surface area contributed by atoms with Crippen LogP contribution < -0.4 is 0 Å². The normalized spacial score (nSPS) is 29.6. The van der Waals surface area contributed by atoms with Crippen LogP contribution >= 0.6 is 0 Å². The molecule has 3 aliphatic rings. The molecule has 3 atom stereocenters. The molecule has 4 rings (SSSR count). The van der Waals surface area contributed by atoms with E-state index < -0.39 is 0 Å². The van der Waals surface area contributed by atoms with E-state index in [9.17, 15) is 9.59 Å². The molecule has 0 radical (unpaired) electrons. The minimum atomic E-state index is 0.0229. The lowest BCUT2D eigenvalue weighted by molar-refractivity contribution is -0.140. The Morgan fingerprint density at radius 1 is 0.875 bits per heavy atom. The van der Waals surface area contributed by atoms with Gasteiger partial charge >= 0.3 is 0 Å². The molecule has 0 spiro atoms. The summed E-state index contributed by atoms with van der Waals surface area (Å²) in [6.45, 7) is 3.26. The fraction of sp³-hybridized carbons (Fsp3) is 0.600. The van der Waals surface area contributed by atoms with Crippen LogP contribution in [0.4, 0.5) is 0 Å². The zero-order valence-corrected chi connectivity index (χ0v) is 14.2. The average Bonchev–Trinajstić information content (AvgIpc) is 3.26. The summed E-state index contributed by atoms with van der Waals surface area (Å²) >= 11 is 0. The predicted octanol–water partition coefficient (Wildman–Crippen LogP) is 2.65. The van der Waals surface area contributed by atoms with Crippen LogP contribution in [0.1, 0.15) is 43.6 Å². The van der Waals surface area contributed by atoms with Crippen LogP contribution in [0.15, 0.2) is 30.3 Å². The van der Waals surface area contributed by atoms with E-state index in [4.69, 9.17) is 0 Å². The quantitative estimate of drug-likeness (QED) is 0.857. The first-order valence-electron chi connectivity index (χ1n) is 9.36. The zero-order chi connectivity index (χ0) is 16.5. The van der Waals surface area contributed by atoms with Crippen LogP contribution in [0.25, 0.3) is 0 Å². The van der Waals surface area contributed by atoms with Crippen molar-refractivity contribution in [1.82, 2.24) is 9.80 Å². The van der Waals surface area contributed by atoms with Gasteiger partial charge in [-0.15, -0.1) is 0 Å². The van der Waals surface area contributed by atoms with Crippen LogP contribution in [0, 0.1) is 11.8 Å². The summed E-state index contributed by atoms with van der Waals surface area (Å²) in [5, 5.41) is 0. The molecule has 3 fully saturated rings. The largest absolute Gasteiger partial charge is 0.342 e. The molecule has 0 unspecified atom stereocenters. The third-order valence-corrected chi connectivity index (χ3v) is 5.84. The molecule has 0 aromatic heterocycles. The molecule has 1 saturated carbocycles. The van der Waals surface area contributed by atoms with Crippen molar-refractivity contribution in [3.05, 3.63) is 35.9 Å². The summed E-state index contributed by atoms with van der Waals surface area (Å²) in [5.41, 5.74) is 1.28. The predicted molar refractivity (Wildman–Crippen MR) is 92.4 cm³/mol. The van der Waals surface area contributed by atoms with Crippen molar-refractivity contribution >= 4 is 11.8 Å². The number of piperidine rings is 1. The lowest BCUT2D eigenvalue weighted by Crippen LogP contribution is -2.46. The third kappa shape index (κ3) is 3.06. The van der Waals surface area contributed by atoms with E-state index in [2.05, 4.69) is 12.1 Å². The van der Waals surface area contributed by atoms with E-state index in [1.807, 2.05) is 28.0 Å². The topological polar surface area (TPSA) is 40.6 Å². The van der Waals surface area contributed by atoms with Crippen molar-refractivity contribution in [1.29, 1.82) is 0 Å². The van der Waals surface area contributed by atoms with Crippen molar-refractivity contribution in [2.24, 2.45) is 11.8 Å². The second kappa shape index (κ2) is 6.58. The Morgan fingerprint density at radius 3 is 2.33 bits per heavy atom. The minimum Gasteiger partial charge on any atom is -0.342 e. The first-order valence-corrected chi connectivity index (χ1v) is 9.36. The van der Waals surface area contributed by atoms with Gasteiger partial charge < -0.3 is 9.80 Å². The van der Waals surface area contributed by atoms with E-state index in [0.717, 1.165) is 51.7 Å². The van der Waals surface area contributed by atoms with Crippen molar-refractivity contribution in [2.45, 2.75) is 38.0 Å². The SMILES string of the molecule is O=C([C@@H]1CCCN(C(=O)[C@@H]2C[C@@H]2c2ccccc2)C1)N1CCCC1. The number of carbonyl (C=O) groups excluding carboxylic acids is 2. The van der Waals surface area contributed by atoms with Gasteiger partial charge in [0.2, 0.25) is 11.8 Å². The van der Waals surface area contributed by atoms with Gasteiger partial charge in [-0.1, -0.05) is 30.3 Å². The highest BCUT2D eigenvalue weighted by Gasteiger charge is 2.46. The van der Waals surface area contributed by atoms with Gasteiger partial charge in [-0.25, -0.2) is 0 Å². The molecule has 1 aromatic rings. The molecule has 0 N–H and O–H groups in total. The summed E-state index contributed by atoms with van der Waals surface area (Å²) in [7, 11) is 0. The van der Waals surface area contributed by atoms with E-state index in [1.54, 1.807) is 0 Å². The van der Waals surface area contributed by atoms with Gasteiger partial charge in [0.15, 0.2) is 0 Å². The van der Waals surface area contributed by atoms with Crippen molar-refractivity contribution in [3.63, 3.8) is 0 Å². The standard InChI is InChI=1S/C20H26N2O2/c23-19(21-10-4-5-11-21)16-9-6-12-22(14-16)20(24)18-13-17(18)15-7-2-1-3-8-15/h1-3,7-8,16-18H,4-6,9-14H2/t16-,17-,18-/m1/s1. The fourth-order valence-electron chi connectivity index (χ4n) is 4.35. The minimum absolute atomic E-state index is 0.0229. The maximum atomic E-state index is 12.8. The molecule has 1 aliphatic carbocycles. The smallest absolute Gasteiger partial charge is 0.227 e. The number of hydrogen-bond donors (Lipinski definition) is 0. The molecule has 4 nitrogen and oxygen atoms in total. The van der Waals surface area contributed by atoms with Gasteiger partial charge in [0.25, 0.3) is 0 Å². The first kappa shape index (κ1) is 15.7. The highest BCUT2D eigenvalue weighted by molar-refractivity contribution is 5.85. The van der Waals surface area contributed by atoms with E-state index >= 15 is 0 Å². The van der Waals surface area contributed by atoms with E-state index in [0.29, 0.717) is 12.5 Å². The molecular weight excluding hydrogens is 300 g/mol. The summed E-state index contributed by atoms with van der Waals surface area (Å²) in [4.78, 5) is 29.4. The van der Waals surface area contributed by atoms with Gasteiger partial charge in [0.1, 0.15) is 0 Å². The van der Waals surface area contributed by atoms with E-state index in [-0.39, 0.29) is 23.7 Å². The summed E-state index contributed by atoms with van der Waals surface area (Å²) in [5.74, 6) is 1.08. The number of hydrogen-bond acceptors (Lipinski definition) is 2. The highest BCUT2D eigenvalue weighted by atomic mass is 16.2. The number of amides is 2.